The SMILES string of the molecule is Cc1ccc(OCC(=O)NC23CCC(NC(=O)c4cc5nccnc5s4)(CC2)CC3O)cc1F. The fraction of sp³-hybridized carbons (Fsp3) is 0.417. The zero-order chi connectivity index (χ0) is 23.9. The minimum absolute atomic E-state index is 0.200. The molecular formula is C24H25FN4O4S. The summed E-state index contributed by atoms with van der Waals surface area (Å²) in [6.07, 6.45) is 5.08. The van der Waals surface area contributed by atoms with E-state index < -0.39 is 23.0 Å². The lowest BCUT2D eigenvalue weighted by molar-refractivity contribution is -0.132. The van der Waals surface area contributed by atoms with Crippen LogP contribution in [-0.4, -0.2) is 50.7 Å². The summed E-state index contributed by atoms with van der Waals surface area (Å²) >= 11 is 1.29. The number of rotatable bonds is 6. The third-order valence-corrected chi connectivity index (χ3v) is 8.02. The zero-order valence-electron chi connectivity index (χ0n) is 18.6. The lowest BCUT2D eigenvalue weighted by Gasteiger charge is -2.56. The molecule has 0 aliphatic heterocycles. The highest BCUT2D eigenvalue weighted by molar-refractivity contribution is 7.20. The molecule has 3 saturated carbocycles. The third-order valence-electron chi connectivity index (χ3n) is 6.99. The van der Waals surface area contributed by atoms with Crippen LogP contribution in [0.1, 0.15) is 47.3 Å². The van der Waals surface area contributed by atoms with Gasteiger partial charge in [0.1, 0.15) is 21.9 Å². The quantitative estimate of drug-likeness (QED) is 0.496. The number of halogens is 1. The summed E-state index contributed by atoms with van der Waals surface area (Å²) in [7, 11) is 0. The molecule has 6 rings (SSSR count). The highest BCUT2D eigenvalue weighted by Gasteiger charge is 2.55. The number of aryl methyl sites for hydroxylation is 1. The van der Waals surface area contributed by atoms with E-state index in [1.54, 1.807) is 37.5 Å². The van der Waals surface area contributed by atoms with Crippen molar-refractivity contribution < 1.29 is 23.8 Å². The van der Waals surface area contributed by atoms with E-state index in [9.17, 15) is 19.1 Å². The van der Waals surface area contributed by atoms with Crippen LogP contribution in [0.4, 0.5) is 4.39 Å². The van der Waals surface area contributed by atoms with Crippen molar-refractivity contribution in [1.82, 2.24) is 20.6 Å². The van der Waals surface area contributed by atoms with Crippen molar-refractivity contribution in [1.29, 1.82) is 0 Å². The number of fused-ring (bicyclic) bond motifs is 4. The van der Waals surface area contributed by atoms with E-state index >= 15 is 0 Å². The van der Waals surface area contributed by atoms with Gasteiger partial charge < -0.3 is 20.5 Å². The fourth-order valence-electron chi connectivity index (χ4n) is 4.97. The molecular weight excluding hydrogens is 459 g/mol. The number of nitrogens with one attached hydrogen (secondary N) is 2. The average molecular weight is 485 g/mol. The van der Waals surface area contributed by atoms with Crippen molar-refractivity contribution in [2.45, 2.75) is 56.2 Å². The van der Waals surface area contributed by atoms with E-state index in [1.807, 2.05) is 0 Å². The minimum atomic E-state index is -0.804. The number of hydrogen-bond donors (Lipinski definition) is 3. The summed E-state index contributed by atoms with van der Waals surface area (Å²) in [5.41, 5.74) is -0.0911. The Kier molecular flexibility index (Phi) is 5.73. The van der Waals surface area contributed by atoms with Gasteiger partial charge >= 0.3 is 0 Å². The van der Waals surface area contributed by atoms with Crippen molar-refractivity contribution in [3.05, 3.63) is 52.9 Å². The second-order valence-electron chi connectivity index (χ2n) is 9.22. The van der Waals surface area contributed by atoms with Crippen LogP contribution < -0.4 is 15.4 Å². The Balaban J connectivity index is 1.20. The van der Waals surface area contributed by atoms with Crippen LogP contribution in [0.5, 0.6) is 5.75 Å². The van der Waals surface area contributed by atoms with Gasteiger partial charge in [-0.05, 0) is 56.7 Å². The van der Waals surface area contributed by atoms with Crippen LogP contribution in [-0.2, 0) is 4.79 Å². The van der Waals surface area contributed by atoms with Gasteiger partial charge in [-0.2, -0.15) is 0 Å². The van der Waals surface area contributed by atoms with E-state index in [0.717, 1.165) is 0 Å². The van der Waals surface area contributed by atoms with Gasteiger partial charge in [-0.3, -0.25) is 14.6 Å². The Hall–Kier alpha value is -3.11. The molecule has 2 aromatic heterocycles. The number of ether oxygens (including phenoxy) is 1. The Labute approximate surface area is 199 Å². The molecule has 1 atom stereocenters. The number of aliphatic hydroxyl groups is 1. The molecule has 0 radical (unpaired) electrons. The van der Waals surface area contributed by atoms with Crippen LogP contribution in [0, 0.1) is 12.7 Å². The number of carbonyl (C=O) groups is 2. The molecule has 3 aliphatic rings. The van der Waals surface area contributed by atoms with Crippen LogP contribution in [0.2, 0.25) is 0 Å². The average Bonchev–Trinajstić information content (AvgIpc) is 3.26. The van der Waals surface area contributed by atoms with Crippen molar-refractivity contribution in [2.24, 2.45) is 0 Å². The van der Waals surface area contributed by atoms with E-state index in [4.69, 9.17) is 4.74 Å². The lowest BCUT2D eigenvalue weighted by atomic mass is 9.60. The number of carbonyl (C=O) groups excluding carboxylic acids is 2. The van der Waals surface area contributed by atoms with Crippen molar-refractivity contribution in [3.63, 3.8) is 0 Å². The van der Waals surface area contributed by atoms with Crippen molar-refractivity contribution >= 4 is 33.5 Å². The molecule has 2 heterocycles. The maximum atomic E-state index is 13.7. The maximum Gasteiger partial charge on any atom is 0.261 e. The molecule has 2 amide bonds. The van der Waals surface area contributed by atoms with Crippen LogP contribution in [0.3, 0.4) is 0 Å². The first kappa shape index (κ1) is 22.7. The predicted octanol–water partition coefficient (Wildman–Crippen LogP) is 2.88. The number of amides is 2. The normalized spacial score (nSPS) is 25.8. The molecule has 3 aromatic rings. The third kappa shape index (κ3) is 4.23. The van der Waals surface area contributed by atoms with Crippen LogP contribution >= 0.6 is 11.3 Å². The molecule has 3 fully saturated rings. The number of hydrogen-bond acceptors (Lipinski definition) is 7. The summed E-state index contributed by atoms with van der Waals surface area (Å²) in [6, 6.07) is 6.18. The number of aliphatic hydroxyl groups excluding tert-OH is 1. The van der Waals surface area contributed by atoms with Gasteiger partial charge in [0.15, 0.2) is 6.61 Å². The van der Waals surface area contributed by atoms with E-state index in [2.05, 4.69) is 20.6 Å². The topological polar surface area (TPSA) is 113 Å². The number of benzene rings is 1. The fourth-order valence-corrected chi connectivity index (χ4v) is 5.83. The monoisotopic (exact) mass is 484 g/mol. The van der Waals surface area contributed by atoms with Crippen LogP contribution in [0.25, 0.3) is 10.3 Å². The van der Waals surface area contributed by atoms with Crippen LogP contribution in [0.15, 0.2) is 36.7 Å². The molecule has 1 unspecified atom stereocenters. The van der Waals surface area contributed by atoms with Gasteiger partial charge in [0, 0.05) is 24.0 Å². The Morgan fingerprint density at radius 3 is 2.65 bits per heavy atom. The van der Waals surface area contributed by atoms with Gasteiger partial charge in [0.25, 0.3) is 11.8 Å². The van der Waals surface area contributed by atoms with E-state index in [1.165, 1.54) is 17.4 Å². The molecule has 3 N–H and O–H groups in total. The summed E-state index contributed by atoms with van der Waals surface area (Å²) in [5.74, 6) is -0.692. The summed E-state index contributed by atoms with van der Waals surface area (Å²) in [6.45, 7) is 1.38. The maximum absolute atomic E-state index is 13.7. The van der Waals surface area contributed by atoms with Crippen molar-refractivity contribution in [3.8, 4) is 5.75 Å². The van der Waals surface area contributed by atoms with E-state index in [0.29, 0.717) is 52.9 Å². The Morgan fingerprint density at radius 2 is 1.94 bits per heavy atom. The molecule has 0 spiro atoms. The predicted molar refractivity (Wildman–Crippen MR) is 124 cm³/mol. The second-order valence-corrected chi connectivity index (χ2v) is 10.2. The molecule has 10 heteroatoms. The first-order valence-corrected chi connectivity index (χ1v) is 12.0. The zero-order valence-corrected chi connectivity index (χ0v) is 19.5. The molecule has 1 aromatic carbocycles. The van der Waals surface area contributed by atoms with Gasteiger partial charge in [0.05, 0.1) is 16.5 Å². The summed E-state index contributed by atoms with van der Waals surface area (Å²) in [4.78, 5) is 35.2. The number of aromatic nitrogens is 2. The Bertz CT molecular complexity index is 1220. The minimum Gasteiger partial charge on any atom is -0.484 e. The largest absolute Gasteiger partial charge is 0.484 e. The van der Waals surface area contributed by atoms with Gasteiger partial charge in [-0.15, -0.1) is 11.3 Å². The standard InChI is InChI=1S/C24H25FN4O4S/c1-14-2-3-15(10-16(14)25)33-13-20(31)28-24-6-4-23(5-7-24,12-19(24)30)29-21(32)18-11-17-22(34-18)27-9-8-26-17/h2-3,8-11,19,30H,4-7,12-13H2,1H3,(H,28,31)(H,29,32). The lowest BCUT2D eigenvalue weighted by Crippen LogP contribution is -2.70. The van der Waals surface area contributed by atoms with Gasteiger partial charge in [0.2, 0.25) is 0 Å². The van der Waals surface area contributed by atoms with Gasteiger partial charge in [-0.25, -0.2) is 9.37 Å². The smallest absolute Gasteiger partial charge is 0.261 e. The molecule has 2 bridgehead atoms. The summed E-state index contributed by atoms with van der Waals surface area (Å²) in [5, 5.41) is 17.0. The number of thiophene rings is 1. The Morgan fingerprint density at radius 1 is 1.18 bits per heavy atom. The van der Waals surface area contributed by atoms with Gasteiger partial charge in [-0.1, -0.05) is 6.07 Å². The molecule has 3 aliphatic carbocycles. The molecule has 0 saturated heterocycles. The highest BCUT2D eigenvalue weighted by Crippen LogP contribution is 2.47. The molecule has 34 heavy (non-hydrogen) atoms. The van der Waals surface area contributed by atoms with Crippen molar-refractivity contribution in [2.75, 3.05) is 6.61 Å². The van der Waals surface area contributed by atoms with E-state index in [-0.39, 0.29) is 24.2 Å². The molecule has 8 nitrogen and oxygen atoms in total. The molecule has 178 valence electrons. The number of nitrogens with zero attached hydrogens (tertiary/aromatic N) is 2. The first-order chi connectivity index (χ1) is 16.3. The highest BCUT2D eigenvalue weighted by atomic mass is 32.1. The second kappa shape index (κ2) is 8.59. The first-order valence-electron chi connectivity index (χ1n) is 11.2. The summed E-state index contributed by atoms with van der Waals surface area (Å²) < 4.78 is 19.1.